The second-order valence-corrected chi connectivity index (χ2v) is 8.55. The van der Waals surface area contributed by atoms with Gasteiger partial charge in [0.25, 0.3) is 0 Å². The van der Waals surface area contributed by atoms with E-state index < -0.39 is 60.5 Å². The van der Waals surface area contributed by atoms with Crippen LogP contribution in [0.25, 0.3) is 0 Å². The number of hydrogen-bond donors (Lipinski definition) is 4. The monoisotopic (exact) mass is 442 g/mol. The zero-order valence-electron chi connectivity index (χ0n) is 18.1. The van der Waals surface area contributed by atoms with E-state index in [1.54, 1.807) is 34.6 Å². The molecule has 1 amide bonds. The summed E-state index contributed by atoms with van der Waals surface area (Å²) in [5, 5.41) is 22.7. The molecule has 0 aliphatic carbocycles. The summed E-state index contributed by atoms with van der Waals surface area (Å²) < 4.78 is 17.1. The van der Waals surface area contributed by atoms with Crippen LogP contribution in [0, 0.1) is 5.92 Å². The lowest BCUT2D eigenvalue weighted by molar-refractivity contribution is -0.160. The molecule has 1 aliphatic heterocycles. The number of nitrogens with two attached hydrogens (primary N) is 1. The molecule has 0 aromatic carbocycles. The molecular weight excluding hydrogens is 412 g/mol. The topological polar surface area (TPSA) is 175 Å². The van der Waals surface area contributed by atoms with Gasteiger partial charge in [-0.1, -0.05) is 13.8 Å². The predicted octanol–water partition coefficient (Wildman–Crippen LogP) is -0.463. The number of nitrogen functional groups attached to an aromatic ring is 1. The number of esters is 1. The summed E-state index contributed by atoms with van der Waals surface area (Å²) in [6.07, 6.45) is -4.68. The van der Waals surface area contributed by atoms with Crippen LogP contribution >= 0.6 is 0 Å². The van der Waals surface area contributed by atoms with E-state index in [1.165, 1.54) is 12.3 Å². The van der Waals surface area contributed by atoms with E-state index in [2.05, 4.69) is 10.3 Å². The Kier molecular flexibility index (Phi) is 7.63. The number of carbonyl (C=O) groups is 2. The number of aliphatic hydroxyl groups excluding tert-OH is 2. The Hall–Kier alpha value is -2.70. The Morgan fingerprint density at radius 3 is 2.55 bits per heavy atom. The number of aliphatic hydroxyl groups is 2. The lowest BCUT2D eigenvalue weighted by Gasteiger charge is -2.27. The quantitative estimate of drug-likeness (QED) is 0.422. The SMILES string of the molecule is CC(C)C(NC(=O)OC(C)(C)C)C(=O)OC1[C@@H](CO)O[C@@H](n2ccc(N)nc2=O)[C@H]1O. The highest BCUT2D eigenvalue weighted by molar-refractivity contribution is 5.81. The lowest BCUT2D eigenvalue weighted by atomic mass is 10.0. The fraction of sp³-hybridized carbons (Fsp3) is 0.684. The molecule has 0 saturated carbocycles. The molecule has 12 heteroatoms. The van der Waals surface area contributed by atoms with Crippen molar-refractivity contribution in [3.8, 4) is 0 Å². The van der Waals surface area contributed by atoms with Gasteiger partial charge in [-0.3, -0.25) is 4.57 Å². The molecule has 2 unspecified atom stereocenters. The van der Waals surface area contributed by atoms with E-state index in [-0.39, 0.29) is 11.7 Å². The third kappa shape index (κ3) is 6.15. The smallest absolute Gasteiger partial charge is 0.408 e. The highest BCUT2D eigenvalue weighted by Crippen LogP contribution is 2.31. The van der Waals surface area contributed by atoms with Crippen LogP contribution in [0.3, 0.4) is 0 Å². The molecule has 1 fully saturated rings. The maximum atomic E-state index is 12.8. The third-order valence-corrected chi connectivity index (χ3v) is 4.46. The zero-order valence-corrected chi connectivity index (χ0v) is 18.1. The molecule has 2 rings (SSSR count). The summed E-state index contributed by atoms with van der Waals surface area (Å²) in [5.74, 6) is -1.23. The highest BCUT2D eigenvalue weighted by Gasteiger charge is 2.48. The van der Waals surface area contributed by atoms with Gasteiger partial charge in [0.15, 0.2) is 12.3 Å². The molecule has 5 atom stereocenters. The summed E-state index contributed by atoms with van der Waals surface area (Å²) in [6.45, 7) is 7.84. The molecule has 0 spiro atoms. The molecule has 1 aliphatic rings. The summed E-state index contributed by atoms with van der Waals surface area (Å²) >= 11 is 0. The molecule has 1 saturated heterocycles. The number of rotatable bonds is 6. The van der Waals surface area contributed by atoms with Crippen molar-refractivity contribution >= 4 is 17.9 Å². The van der Waals surface area contributed by atoms with E-state index in [0.717, 1.165) is 4.57 Å². The maximum Gasteiger partial charge on any atom is 0.408 e. The first-order chi connectivity index (χ1) is 14.3. The Balaban J connectivity index is 2.17. The van der Waals surface area contributed by atoms with Crippen LogP contribution in [0.15, 0.2) is 17.1 Å². The number of carbonyl (C=O) groups excluding carboxylic acids is 2. The maximum absolute atomic E-state index is 12.8. The van der Waals surface area contributed by atoms with Crippen molar-refractivity contribution < 1.29 is 34.0 Å². The first-order valence-corrected chi connectivity index (χ1v) is 9.83. The standard InChI is InChI=1S/C19H30N4O8/c1-9(2)12(22-18(28)31-19(3,4)5)16(26)30-14-10(8-24)29-15(13(14)25)23-7-6-11(20)21-17(23)27/h6-7,9-10,12-15,24-25H,8H2,1-5H3,(H,22,28)(H2,20,21,27)/t10-,12?,13+,14?,15-/m1/s1. The number of nitrogens with one attached hydrogen (secondary N) is 1. The van der Waals surface area contributed by atoms with Gasteiger partial charge in [-0.15, -0.1) is 0 Å². The first-order valence-electron chi connectivity index (χ1n) is 9.83. The second-order valence-electron chi connectivity index (χ2n) is 8.55. The largest absolute Gasteiger partial charge is 0.455 e. The van der Waals surface area contributed by atoms with Gasteiger partial charge in [0.1, 0.15) is 29.7 Å². The van der Waals surface area contributed by atoms with E-state index in [1.807, 2.05) is 0 Å². The van der Waals surface area contributed by atoms with Crippen LogP contribution in [0.2, 0.25) is 0 Å². The lowest BCUT2D eigenvalue weighted by Crippen LogP contribution is -2.50. The minimum atomic E-state index is -1.49. The number of nitrogens with zero attached hydrogens (tertiary/aromatic N) is 2. The molecule has 2 heterocycles. The Bertz CT molecular complexity index is 850. The molecule has 1 aromatic heterocycles. The van der Waals surface area contributed by atoms with Gasteiger partial charge in [0, 0.05) is 6.20 Å². The molecule has 5 N–H and O–H groups in total. The second kappa shape index (κ2) is 9.62. The predicted molar refractivity (Wildman–Crippen MR) is 108 cm³/mol. The average molecular weight is 442 g/mol. The van der Waals surface area contributed by atoms with E-state index in [0.29, 0.717) is 0 Å². The Labute approximate surface area is 179 Å². The van der Waals surface area contributed by atoms with Gasteiger partial charge in [-0.25, -0.2) is 14.4 Å². The fourth-order valence-electron chi connectivity index (χ4n) is 3.00. The first kappa shape index (κ1) is 24.6. The summed E-state index contributed by atoms with van der Waals surface area (Å²) in [4.78, 5) is 40.5. The van der Waals surface area contributed by atoms with Gasteiger partial charge in [-0.05, 0) is 32.8 Å². The number of aromatic nitrogens is 2. The summed E-state index contributed by atoms with van der Waals surface area (Å²) in [6, 6.07) is 0.256. The highest BCUT2D eigenvalue weighted by atomic mass is 16.6. The minimum Gasteiger partial charge on any atom is -0.455 e. The van der Waals surface area contributed by atoms with Crippen LogP contribution in [0.1, 0.15) is 40.8 Å². The van der Waals surface area contributed by atoms with Crippen molar-refractivity contribution in [1.29, 1.82) is 0 Å². The molecule has 0 radical (unpaired) electrons. The van der Waals surface area contributed by atoms with Gasteiger partial charge in [0.05, 0.1) is 6.61 Å². The van der Waals surface area contributed by atoms with Gasteiger partial charge >= 0.3 is 17.8 Å². The Morgan fingerprint density at radius 2 is 2.03 bits per heavy atom. The molecular formula is C19H30N4O8. The van der Waals surface area contributed by atoms with Crippen LogP contribution in [-0.2, 0) is 19.0 Å². The fourth-order valence-corrected chi connectivity index (χ4v) is 3.00. The van der Waals surface area contributed by atoms with Gasteiger partial charge in [-0.2, -0.15) is 4.98 Å². The van der Waals surface area contributed by atoms with Gasteiger partial charge in [0.2, 0.25) is 0 Å². The van der Waals surface area contributed by atoms with Crippen molar-refractivity contribution in [2.75, 3.05) is 12.3 Å². The zero-order chi connectivity index (χ0) is 23.5. The average Bonchev–Trinajstić information content (AvgIpc) is 2.94. The van der Waals surface area contributed by atoms with E-state index in [4.69, 9.17) is 19.9 Å². The summed E-state index contributed by atoms with van der Waals surface area (Å²) in [5.41, 5.74) is 3.92. The van der Waals surface area contributed by atoms with Crippen molar-refractivity contribution in [2.24, 2.45) is 5.92 Å². The van der Waals surface area contributed by atoms with E-state index >= 15 is 0 Å². The minimum absolute atomic E-state index is 0.0107. The molecule has 12 nitrogen and oxygen atoms in total. The van der Waals surface area contributed by atoms with Crippen LogP contribution in [0.5, 0.6) is 0 Å². The number of amides is 1. The number of anilines is 1. The van der Waals surface area contributed by atoms with E-state index in [9.17, 15) is 24.6 Å². The molecule has 1 aromatic rings. The van der Waals surface area contributed by atoms with Crippen molar-refractivity contribution in [1.82, 2.24) is 14.9 Å². The number of ether oxygens (including phenoxy) is 3. The normalized spacial score (nSPS) is 24.6. The van der Waals surface area contributed by atoms with Crippen molar-refractivity contribution in [3.05, 3.63) is 22.7 Å². The molecule has 31 heavy (non-hydrogen) atoms. The number of hydrogen-bond acceptors (Lipinski definition) is 10. The molecule has 0 bridgehead atoms. The van der Waals surface area contributed by atoms with Crippen molar-refractivity contribution in [2.45, 2.75) is 70.8 Å². The third-order valence-electron chi connectivity index (χ3n) is 4.46. The van der Waals surface area contributed by atoms with Gasteiger partial charge < -0.3 is 35.5 Å². The van der Waals surface area contributed by atoms with Crippen molar-refractivity contribution in [3.63, 3.8) is 0 Å². The summed E-state index contributed by atoms with van der Waals surface area (Å²) in [7, 11) is 0. The number of alkyl carbamates (subject to hydrolysis) is 1. The van der Waals surface area contributed by atoms with Crippen LogP contribution < -0.4 is 16.7 Å². The van der Waals surface area contributed by atoms with Crippen LogP contribution in [-0.4, -0.2) is 68.4 Å². The Morgan fingerprint density at radius 1 is 1.39 bits per heavy atom. The van der Waals surface area contributed by atoms with Crippen LogP contribution in [0.4, 0.5) is 10.6 Å². The molecule has 174 valence electrons.